The normalized spacial score (nSPS) is 22.7. The average Bonchev–Trinajstić information content (AvgIpc) is 2.28. The van der Waals surface area contributed by atoms with Gasteiger partial charge in [-0.25, -0.2) is 0 Å². The van der Waals surface area contributed by atoms with Crippen LogP contribution in [0.1, 0.15) is 33.6 Å². The van der Waals surface area contributed by atoms with Crippen molar-refractivity contribution < 1.29 is 4.74 Å². The quantitative estimate of drug-likeness (QED) is 0.778. The minimum absolute atomic E-state index is 0.123. The molecule has 96 valence electrons. The van der Waals surface area contributed by atoms with Crippen molar-refractivity contribution in [1.29, 1.82) is 0 Å². The number of hydrogen-bond donors (Lipinski definition) is 1. The standard InChI is InChI=1S/C13H28N2O/c1-11(2)13(3,10-14)15(4)9-12-5-7-16-8-6-12/h11-12H,5-10,14H2,1-4H3. The Morgan fingerprint density at radius 2 is 1.94 bits per heavy atom. The van der Waals surface area contributed by atoms with Crippen LogP contribution in [-0.4, -0.2) is 43.8 Å². The molecule has 0 amide bonds. The number of hydrogen-bond acceptors (Lipinski definition) is 3. The molecule has 2 N–H and O–H groups in total. The van der Waals surface area contributed by atoms with Gasteiger partial charge in [-0.1, -0.05) is 13.8 Å². The van der Waals surface area contributed by atoms with E-state index in [0.29, 0.717) is 5.92 Å². The lowest BCUT2D eigenvalue weighted by atomic mass is 9.85. The monoisotopic (exact) mass is 228 g/mol. The fourth-order valence-electron chi connectivity index (χ4n) is 2.36. The first-order valence-corrected chi connectivity index (χ1v) is 6.49. The highest BCUT2D eigenvalue weighted by Crippen LogP contribution is 2.25. The third-order valence-corrected chi connectivity index (χ3v) is 4.40. The third-order valence-electron chi connectivity index (χ3n) is 4.40. The maximum Gasteiger partial charge on any atom is 0.0469 e. The molecular formula is C13H28N2O. The largest absolute Gasteiger partial charge is 0.381 e. The topological polar surface area (TPSA) is 38.5 Å². The molecule has 1 heterocycles. The third kappa shape index (κ3) is 3.19. The summed E-state index contributed by atoms with van der Waals surface area (Å²) in [6.45, 7) is 10.5. The second-order valence-electron chi connectivity index (χ2n) is 5.65. The number of ether oxygens (including phenoxy) is 1. The summed E-state index contributed by atoms with van der Waals surface area (Å²) >= 11 is 0. The lowest BCUT2D eigenvalue weighted by Gasteiger charge is -2.43. The van der Waals surface area contributed by atoms with E-state index in [1.165, 1.54) is 12.8 Å². The summed E-state index contributed by atoms with van der Waals surface area (Å²) in [5, 5.41) is 0. The molecular weight excluding hydrogens is 200 g/mol. The molecule has 3 nitrogen and oxygen atoms in total. The van der Waals surface area contributed by atoms with Gasteiger partial charge in [0.05, 0.1) is 0 Å². The zero-order chi connectivity index (χ0) is 12.2. The van der Waals surface area contributed by atoms with Crippen LogP contribution in [0.2, 0.25) is 0 Å². The molecule has 0 radical (unpaired) electrons. The second-order valence-corrected chi connectivity index (χ2v) is 5.65. The molecule has 1 fully saturated rings. The van der Waals surface area contributed by atoms with Gasteiger partial charge in [-0.3, -0.25) is 4.90 Å². The van der Waals surface area contributed by atoms with Gasteiger partial charge in [0.2, 0.25) is 0 Å². The Morgan fingerprint density at radius 1 is 1.38 bits per heavy atom. The van der Waals surface area contributed by atoms with E-state index in [-0.39, 0.29) is 5.54 Å². The van der Waals surface area contributed by atoms with Crippen molar-refractivity contribution in [2.45, 2.75) is 39.2 Å². The average molecular weight is 228 g/mol. The van der Waals surface area contributed by atoms with Gasteiger partial charge in [0.1, 0.15) is 0 Å². The smallest absolute Gasteiger partial charge is 0.0469 e. The Hall–Kier alpha value is -0.120. The van der Waals surface area contributed by atoms with Crippen molar-refractivity contribution in [3.8, 4) is 0 Å². The summed E-state index contributed by atoms with van der Waals surface area (Å²) in [7, 11) is 2.21. The molecule has 1 rings (SSSR count). The van der Waals surface area contributed by atoms with Crippen molar-refractivity contribution in [3.63, 3.8) is 0 Å². The highest BCUT2D eigenvalue weighted by molar-refractivity contribution is 4.89. The first kappa shape index (κ1) is 13.9. The molecule has 0 saturated carbocycles. The Bertz CT molecular complexity index is 202. The second kappa shape index (κ2) is 5.99. The number of rotatable bonds is 5. The van der Waals surface area contributed by atoms with Crippen LogP contribution in [0.3, 0.4) is 0 Å². The Balaban J connectivity index is 2.51. The molecule has 1 unspecified atom stereocenters. The van der Waals surface area contributed by atoms with Crippen LogP contribution < -0.4 is 5.73 Å². The highest BCUT2D eigenvalue weighted by Gasteiger charge is 2.32. The van der Waals surface area contributed by atoms with Crippen LogP contribution >= 0.6 is 0 Å². The van der Waals surface area contributed by atoms with Gasteiger partial charge >= 0.3 is 0 Å². The zero-order valence-corrected chi connectivity index (χ0v) is 11.3. The predicted octanol–water partition coefficient (Wildman–Crippen LogP) is 1.72. The summed E-state index contributed by atoms with van der Waals surface area (Å²) in [6, 6.07) is 0. The predicted molar refractivity (Wildman–Crippen MR) is 68.5 cm³/mol. The van der Waals surface area contributed by atoms with Gasteiger partial charge in [0.25, 0.3) is 0 Å². The summed E-state index contributed by atoms with van der Waals surface area (Å²) in [6.07, 6.45) is 2.40. The summed E-state index contributed by atoms with van der Waals surface area (Å²) < 4.78 is 5.40. The van der Waals surface area contributed by atoms with E-state index in [9.17, 15) is 0 Å². The van der Waals surface area contributed by atoms with E-state index in [4.69, 9.17) is 10.5 Å². The SMILES string of the molecule is CC(C)C(C)(CN)N(C)CC1CCOCC1. The van der Waals surface area contributed by atoms with Crippen LogP contribution in [0.4, 0.5) is 0 Å². The Labute approximate surface area is 100 Å². The van der Waals surface area contributed by atoms with Gasteiger partial charge in [-0.2, -0.15) is 0 Å². The van der Waals surface area contributed by atoms with E-state index in [2.05, 4.69) is 32.7 Å². The molecule has 0 aliphatic carbocycles. The summed E-state index contributed by atoms with van der Waals surface area (Å²) in [5.41, 5.74) is 6.07. The minimum atomic E-state index is 0.123. The van der Waals surface area contributed by atoms with E-state index in [0.717, 1.165) is 32.2 Å². The Morgan fingerprint density at radius 3 is 2.38 bits per heavy atom. The molecule has 1 aliphatic heterocycles. The fourth-order valence-corrected chi connectivity index (χ4v) is 2.36. The molecule has 3 heteroatoms. The molecule has 1 saturated heterocycles. The van der Waals surface area contributed by atoms with E-state index in [1.807, 2.05) is 0 Å². The van der Waals surface area contributed by atoms with Crippen LogP contribution in [-0.2, 0) is 4.74 Å². The van der Waals surface area contributed by atoms with Crippen molar-refractivity contribution in [1.82, 2.24) is 4.90 Å². The number of nitrogens with zero attached hydrogens (tertiary/aromatic N) is 1. The van der Waals surface area contributed by atoms with Crippen molar-refractivity contribution >= 4 is 0 Å². The lowest BCUT2D eigenvalue weighted by Crippen LogP contribution is -2.55. The van der Waals surface area contributed by atoms with Crippen LogP contribution in [0.5, 0.6) is 0 Å². The van der Waals surface area contributed by atoms with Gasteiger partial charge in [0.15, 0.2) is 0 Å². The molecule has 1 aliphatic rings. The van der Waals surface area contributed by atoms with Gasteiger partial charge in [-0.05, 0) is 38.6 Å². The molecule has 0 aromatic carbocycles. The molecule has 0 bridgehead atoms. The van der Waals surface area contributed by atoms with Gasteiger partial charge in [-0.15, -0.1) is 0 Å². The van der Waals surface area contributed by atoms with Gasteiger partial charge in [0, 0.05) is 31.8 Å². The number of likely N-dealkylation sites (N-methyl/N-ethyl adjacent to an activating group) is 1. The lowest BCUT2D eigenvalue weighted by molar-refractivity contribution is 0.0261. The maximum atomic E-state index is 5.95. The van der Waals surface area contributed by atoms with Crippen LogP contribution in [0, 0.1) is 11.8 Å². The molecule has 0 aromatic rings. The molecule has 1 atom stereocenters. The first-order chi connectivity index (χ1) is 7.50. The van der Waals surface area contributed by atoms with Crippen LogP contribution in [0.25, 0.3) is 0 Å². The van der Waals surface area contributed by atoms with E-state index < -0.39 is 0 Å². The highest BCUT2D eigenvalue weighted by atomic mass is 16.5. The van der Waals surface area contributed by atoms with E-state index in [1.54, 1.807) is 0 Å². The van der Waals surface area contributed by atoms with Crippen molar-refractivity contribution in [2.75, 3.05) is 33.4 Å². The Kier molecular flexibility index (Phi) is 5.22. The number of nitrogens with two attached hydrogens (primary N) is 1. The van der Waals surface area contributed by atoms with Gasteiger partial charge < -0.3 is 10.5 Å². The first-order valence-electron chi connectivity index (χ1n) is 6.49. The molecule has 0 aromatic heterocycles. The minimum Gasteiger partial charge on any atom is -0.381 e. The summed E-state index contributed by atoms with van der Waals surface area (Å²) in [5.74, 6) is 1.37. The van der Waals surface area contributed by atoms with Crippen molar-refractivity contribution in [3.05, 3.63) is 0 Å². The zero-order valence-electron chi connectivity index (χ0n) is 11.3. The molecule has 16 heavy (non-hydrogen) atoms. The summed E-state index contributed by atoms with van der Waals surface area (Å²) in [4.78, 5) is 2.45. The van der Waals surface area contributed by atoms with Crippen LogP contribution in [0.15, 0.2) is 0 Å². The van der Waals surface area contributed by atoms with Crippen molar-refractivity contribution in [2.24, 2.45) is 17.6 Å². The fraction of sp³-hybridized carbons (Fsp3) is 1.00. The molecule has 0 spiro atoms. The maximum absolute atomic E-state index is 5.95. The van der Waals surface area contributed by atoms with E-state index >= 15 is 0 Å².